The molecule has 0 bridgehead atoms. The van der Waals surface area contributed by atoms with E-state index >= 15 is 0 Å². The van der Waals surface area contributed by atoms with Gasteiger partial charge in [-0.25, -0.2) is 0 Å². The van der Waals surface area contributed by atoms with Crippen LogP contribution < -0.4 is 9.47 Å². The third-order valence-electron chi connectivity index (χ3n) is 6.14. The van der Waals surface area contributed by atoms with Gasteiger partial charge in [-0.2, -0.15) is 0 Å². The van der Waals surface area contributed by atoms with Crippen LogP contribution in [0.2, 0.25) is 0 Å². The first-order valence-corrected chi connectivity index (χ1v) is 11.8. The van der Waals surface area contributed by atoms with Gasteiger partial charge in [0.2, 0.25) is 0 Å². The van der Waals surface area contributed by atoms with Crippen LogP contribution in [-0.4, -0.2) is 80.2 Å². The van der Waals surface area contributed by atoms with Crippen molar-refractivity contribution < 1.29 is 28.9 Å². The summed E-state index contributed by atoms with van der Waals surface area (Å²) in [6, 6.07) is 11.4. The lowest BCUT2D eigenvalue weighted by molar-refractivity contribution is -0.140. The maximum atomic E-state index is 13.2. The zero-order valence-corrected chi connectivity index (χ0v) is 20.7. The summed E-state index contributed by atoms with van der Waals surface area (Å²) in [5, 5.41) is 11.2. The largest absolute Gasteiger partial charge is 0.507 e. The van der Waals surface area contributed by atoms with Crippen molar-refractivity contribution in [3.05, 3.63) is 63.6 Å². The molecule has 0 spiro atoms. The van der Waals surface area contributed by atoms with Crippen LogP contribution >= 0.6 is 15.9 Å². The van der Waals surface area contributed by atoms with E-state index in [1.807, 2.05) is 0 Å². The molecule has 9 heteroatoms. The number of morpholine rings is 1. The summed E-state index contributed by atoms with van der Waals surface area (Å²) in [5.41, 5.74) is 1.17. The van der Waals surface area contributed by atoms with Gasteiger partial charge in [0.1, 0.15) is 5.76 Å². The second-order valence-corrected chi connectivity index (χ2v) is 8.98. The number of benzene rings is 2. The molecule has 2 fully saturated rings. The zero-order chi connectivity index (χ0) is 24.2. The molecule has 8 nitrogen and oxygen atoms in total. The molecule has 0 saturated carbocycles. The number of methoxy groups -OCH3 is 2. The molecule has 2 saturated heterocycles. The van der Waals surface area contributed by atoms with E-state index < -0.39 is 17.7 Å². The number of carbonyl (C=O) groups is 2. The summed E-state index contributed by atoms with van der Waals surface area (Å²) in [4.78, 5) is 30.1. The Morgan fingerprint density at radius 2 is 1.71 bits per heavy atom. The molecule has 0 radical (unpaired) electrons. The molecule has 0 aliphatic carbocycles. The first-order valence-electron chi connectivity index (χ1n) is 11.0. The first-order chi connectivity index (χ1) is 16.4. The van der Waals surface area contributed by atoms with E-state index in [4.69, 9.17) is 14.2 Å². The summed E-state index contributed by atoms with van der Waals surface area (Å²) in [5.74, 6) is -0.541. The van der Waals surface area contributed by atoms with Crippen molar-refractivity contribution in [3.63, 3.8) is 0 Å². The van der Waals surface area contributed by atoms with Crippen LogP contribution in [-0.2, 0) is 14.3 Å². The number of hydrogen-bond acceptors (Lipinski definition) is 7. The number of rotatable bonds is 7. The van der Waals surface area contributed by atoms with Gasteiger partial charge >= 0.3 is 0 Å². The van der Waals surface area contributed by atoms with Gasteiger partial charge in [0.05, 0.1) is 39.0 Å². The number of carbonyl (C=O) groups excluding carboxylic acids is 2. The highest BCUT2D eigenvalue weighted by Crippen LogP contribution is 2.42. The minimum atomic E-state index is -0.760. The number of hydrogen-bond donors (Lipinski definition) is 1. The SMILES string of the molecule is COc1ccc(C2C(=C(O)c3ccc(Br)cc3)C(=O)C(=O)N2CCN2CCOCC2)cc1OC. The van der Waals surface area contributed by atoms with Crippen molar-refractivity contribution in [1.29, 1.82) is 0 Å². The number of aliphatic hydroxyl groups is 1. The monoisotopic (exact) mass is 530 g/mol. The van der Waals surface area contributed by atoms with Gasteiger partial charge in [-0.15, -0.1) is 0 Å². The normalized spacial score (nSPS) is 20.6. The van der Waals surface area contributed by atoms with E-state index in [1.165, 1.54) is 12.0 Å². The fraction of sp³-hybridized carbons (Fsp3) is 0.360. The number of ketones is 1. The van der Waals surface area contributed by atoms with Gasteiger partial charge in [0.25, 0.3) is 11.7 Å². The van der Waals surface area contributed by atoms with Gasteiger partial charge in [-0.1, -0.05) is 34.1 Å². The number of amides is 1. The smallest absolute Gasteiger partial charge is 0.295 e. The maximum absolute atomic E-state index is 13.2. The first kappa shape index (κ1) is 24.3. The fourth-order valence-corrected chi connectivity index (χ4v) is 4.58. The van der Waals surface area contributed by atoms with Crippen molar-refractivity contribution in [3.8, 4) is 11.5 Å². The number of nitrogens with zero attached hydrogens (tertiary/aromatic N) is 2. The maximum Gasteiger partial charge on any atom is 0.295 e. The van der Waals surface area contributed by atoms with Gasteiger partial charge in [-0.3, -0.25) is 14.5 Å². The Morgan fingerprint density at radius 3 is 2.35 bits per heavy atom. The summed E-state index contributed by atoms with van der Waals surface area (Å²) >= 11 is 3.38. The lowest BCUT2D eigenvalue weighted by Gasteiger charge is -2.31. The van der Waals surface area contributed by atoms with Crippen LogP contribution in [0.15, 0.2) is 52.5 Å². The standard InChI is InChI=1S/C25H27BrN2O6/c1-32-19-8-5-17(15-20(19)33-2)22-21(23(29)16-3-6-18(26)7-4-16)24(30)25(31)28(22)10-9-27-11-13-34-14-12-27/h3-8,15,22,29H,9-14H2,1-2H3. The third kappa shape index (κ3) is 4.82. The second-order valence-electron chi connectivity index (χ2n) is 8.07. The molecule has 34 heavy (non-hydrogen) atoms. The van der Waals surface area contributed by atoms with Crippen molar-refractivity contribution in [1.82, 2.24) is 9.80 Å². The van der Waals surface area contributed by atoms with E-state index in [0.29, 0.717) is 48.9 Å². The lowest BCUT2D eigenvalue weighted by Crippen LogP contribution is -2.42. The van der Waals surface area contributed by atoms with E-state index in [-0.39, 0.29) is 11.3 Å². The number of halogens is 1. The lowest BCUT2D eigenvalue weighted by atomic mass is 9.95. The molecule has 0 aromatic heterocycles. The zero-order valence-electron chi connectivity index (χ0n) is 19.1. The topological polar surface area (TPSA) is 88.5 Å². The summed E-state index contributed by atoms with van der Waals surface area (Å²) in [6.45, 7) is 3.75. The molecule has 2 aromatic rings. The van der Waals surface area contributed by atoms with Crippen LogP contribution in [0, 0.1) is 0 Å². The molecule has 4 rings (SSSR count). The number of likely N-dealkylation sites (tertiary alicyclic amines) is 1. The van der Waals surface area contributed by atoms with Crippen LogP contribution in [0.3, 0.4) is 0 Å². The van der Waals surface area contributed by atoms with Crippen molar-refractivity contribution in [2.45, 2.75) is 6.04 Å². The number of aliphatic hydroxyl groups excluding tert-OH is 1. The summed E-state index contributed by atoms with van der Waals surface area (Å²) in [7, 11) is 3.07. The van der Waals surface area contributed by atoms with E-state index in [2.05, 4.69) is 20.8 Å². The molecule has 2 aliphatic heterocycles. The molecule has 1 N–H and O–H groups in total. The molecule has 1 unspecified atom stereocenters. The molecule has 2 aliphatic rings. The molecule has 2 heterocycles. The Labute approximate surface area is 206 Å². The number of ether oxygens (including phenoxy) is 3. The van der Waals surface area contributed by atoms with E-state index in [0.717, 1.165) is 17.6 Å². The van der Waals surface area contributed by atoms with Crippen LogP contribution in [0.25, 0.3) is 5.76 Å². The van der Waals surface area contributed by atoms with Crippen LogP contribution in [0.4, 0.5) is 0 Å². The third-order valence-corrected chi connectivity index (χ3v) is 6.67. The number of Topliss-reactive ketones (excluding diaryl/α,β-unsaturated/α-hetero) is 1. The van der Waals surface area contributed by atoms with Crippen LogP contribution in [0.5, 0.6) is 11.5 Å². The molecule has 1 atom stereocenters. The Hall–Kier alpha value is -2.88. The van der Waals surface area contributed by atoms with Gasteiger partial charge in [-0.05, 0) is 29.8 Å². The van der Waals surface area contributed by atoms with Crippen molar-refractivity contribution >= 4 is 33.4 Å². The highest BCUT2D eigenvalue weighted by molar-refractivity contribution is 9.10. The quantitative estimate of drug-likeness (QED) is 0.334. The van der Waals surface area contributed by atoms with Crippen molar-refractivity contribution in [2.24, 2.45) is 0 Å². The molecule has 180 valence electrons. The van der Waals surface area contributed by atoms with E-state index in [9.17, 15) is 14.7 Å². The Bertz CT molecular complexity index is 1100. The predicted molar refractivity (Wildman–Crippen MR) is 130 cm³/mol. The van der Waals surface area contributed by atoms with Gasteiger partial charge < -0.3 is 24.2 Å². The minimum absolute atomic E-state index is 0.0570. The highest BCUT2D eigenvalue weighted by Gasteiger charge is 2.46. The Kier molecular flexibility index (Phi) is 7.55. The van der Waals surface area contributed by atoms with Crippen LogP contribution in [0.1, 0.15) is 17.2 Å². The minimum Gasteiger partial charge on any atom is -0.507 e. The highest BCUT2D eigenvalue weighted by atomic mass is 79.9. The predicted octanol–water partition coefficient (Wildman–Crippen LogP) is 3.22. The Morgan fingerprint density at radius 1 is 1.03 bits per heavy atom. The average Bonchev–Trinajstić information content (AvgIpc) is 3.12. The van der Waals surface area contributed by atoms with Gasteiger partial charge in [0.15, 0.2) is 11.5 Å². The van der Waals surface area contributed by atoms with Crippen molar-refractivity contribution in [2.75, 3.05) is 53.6 Å². The van der Waals surface area contributed by atoms with E-state index in [1.54, 1.807) is 49.6 Å². The van der Waals surface area contributed by atoms with Gasteiger partial charge in [0, 0.05) is 36.2 Å². The second kappa shape index (κ2) is 10.6. The molecule has 2 aromatic carbocycles. The molecular formula is C25H27BrN2O6. The average molecular weight is 531 g/mol. The molecular weight excluding hydrogens is 504 g/mol. The Balaban J connectivity index is 1.77. The summed E-state index contributed by atoms with van der Waals surface area (Å²) in [6.07, 6.45) is 0. The fourth-order valence-electron chi connectivity index (χ4n) is 4.32. The molecule has 1 amide bonds. The summed E-state index contributed by atoms with van der Waals surface area (Å²) < 4.78 is 17.0.